The van der Waals surface area contributed by atoms with Crippen molar-refractivity contribution in [1.82, 2.24) is 35.7 Å². The van der Waals surface area contributed by atoms with Gasteiger partial charge >= 0.3 is 0 Å². The fraction of sp³-hybridized carbons (Fsp3) is 0.556. The summed E-state index contributed by atoms with van der Waals surface area (Å²) in [5.41, 5.74) is 9.91. The van der Waals surface area contributed by atoms with Gasteiger partial charge in [-0.15, -0.1) is 0 Å². The number of hydrazine groups is 1. The molecule has 1 aliphatic heterocycles. The van der Waals surface area contributed by atoms with Gasteiger partial charge in [-0.1, -0.05) is 0 Å². The van der Waals surface area contributed by atoms with Gasteiger partial charge < -0.3 is 15.0 Å². The van der Waals surface area contributed by atoms with Crippen molar-refractivity contribution in [2.75, 3.05) is 0 Å². The summed E-state index contributed by atoms with van der Waals surface area (Å²) < 4.78 is 1.98. The lowest BCUT2D eigenvalue weighted by molar-refractivity contribution is -0.128. The number of hydrogen-bond donors (Lipinski definition) is 4. The summed E-state index contributed by atoms with van der Waals surface area (Å²) in [6.07, 6.45) is 11.1. The second kappa shape index (κ2) is 9.53. The predicted octanol–water partition coefficient (Wildman–Crippen LogP) is 2.56. The Hall–Kier alpha value is -2.88. The van der Waals surface area contributed by atoms with E-state index >= 15 is 0 Å². The third-order valence-electron chi connectivity index (χ3n) is 8.43. The van der Waals surface area contributed by atoms with Crippen molar-refractivity contribution in [3.05, 3.63) is 54.2 Å². The summed E-state index contributed by atoms with van der Waals surface area (Å²) in [7, 11) is 0. The lowest BCUT2D eigenvalue weighted by atomic mass is 9.74. The zero-order valence-electron chi connectivity index (χ0n) is 20.7. The molecule has 3 aromatic heterocycles. The van der Waals surface area contributed by atoms with Crippen LogP contribution in [0, 0.1) is 18.8 Å². The van der Waals surface area contributed by atoms with Gasteiger partial charge in [0.25, 0.3) is 0 Å². The van der Waals surface area contributed by atoms with Gasteiger partial charge in [0.1, 0.15) is 0 Å². The molecule has 9 nitrogen and oxygen atoms in total. The zero-order chi connectivity index (χ0) is 24.7. The number of aliphatic hydroxyl groups is 1. The Morgan fingerprint density at radius 1 is 1.19 bits per heavy atom. The number of hydrogen-bond acceptors (Lipinski definition) is 7. The predicted molar refractivity (Wildman–Crippen MR) is 135 cm³/mol. The van der Waals surface area contributed by atoms with Crippen LogP contribution in [0.3, 0.4) is 0 Å². The smallest absolute Gasteiger partial charge is 0.223 e. The largest absolute Gasteiger partial charge is 0.388 e. The fourth-order valence-corrected chi connectivity index (χ4v) is 6.65. The zero-order valence-corrected chi connectivity index (χ0v) is 20.7. The normalized spacial score (nSPS) is 32.3. The first-order valence-corrected chi connectivity index (χ1v) is 13.2. The molecule has 2 aliphatic carbocycles. The molecule has 36 heavy (non-hydrogen) atoms. The minimum atomic E-state index is -0.874. The molecule has 6 atom stereocenters. The van der Waals surface area contributed by atoms with Crippen LogP contribution in [0.25, 0.3) is 11.2 Å². The quantitative estimate of drug-likeness (QED) is 0.435. The minimum absolute atomic E-state index is 0.00271. The number of amides is 1. The lowest BCUT2D eigenvalue weighted by Crippen LogP contribution is -2.49. The van der Waals surface area contributed by atoms with E-state index in [1.54, 1.807) is 12.5 Å². The number of nitrogens with one attached hydrogen (secondary N) is 3. The van der Waals surface area contributed by atoms with Crippen LogP contribution in [0.4, 0.5) is 0 Å². The number of fused-ring (bicyclic) bond motifs is 2. The van der Waals surface area contributed by atoms with Crippen molar-refractivity contribution in [2.24, 2.45) is 11.8 Å². The highest BCUT2D eigenvalue weighted by atomic mass is 16.3. The van der Waals surface area contributed by atoms with E-state index in [9.17, 15) is 9.90 Å². The van der Waals surface area contributed by atoms with Crippen LogP contribution < -0.4 is 16.2 Å². The van der Waals surface area contributed by atoms with Gasteiger partial charge in [-0.05, 0) is 87.6 Å². The van der Waals surface area contributed by atoms with Gasteiger partial charge in [0.2, 0.25) is 5.91 Å². The van der Waals surface area contributed by atoms with E-state index in [2.05, 4.69) is 43.3 Å². The number of pyridine rings is 2. The number of nitrogens with zero attached hydrogens (tertiary/aromatic N) is 4. The molecule has 2 saturated carbocycles. The Kier molecular flexibility index (Phi) is 6.23. The molecule has 190 valence electrons. The summed E-state index contributed by atoms with van der Waals surface area (Å²) in [5.74, 6) is 0.497. The number of carbonyl (C=O) groups is 1. The molecule has 0 spiro atoms. The Morgan fingerprint density at radius 2 is 2.11 bits per heavy atom. The van der Waals surface area contributed by atoms with E-state index in [0.29, 0.717) is 30.6 Å². The SMILES string of the molecule is Cc1cc(C2NNC3CCC(C(=O)N[C@@H]4CCC[C@](O)(Cn5cnc6ncccc65)C4)CC32)ccn1. The van der Waals surface area contributed by atoms with E-state index in [-0.39, 0.29) is 23.9 Å². The Morgan fingerprint density at radius 3 is 3.00 bits per heavy atom. The van der Waals surface area contributed by atoms with Gasteiger partial charge in [0, 0.05) is 36.1 Å². The van der Waals surface area contributed by atoms with E-state index in [0.717, 1.165) is 49.7 Å². The topological polar surface area (TPSA) is 117 Å². The molecule has 4 N–H and O–H groups in total. The monoisotopic (exact) mass is 489 g/mol. The van der Waals surface area contributed by atoms with Gasteiger partial charge in [-0.3, -0.25) is 15.2 Å². The van der Waals surface area contributed by atoms with Crippen molar-refractivity contribution in [2.45, 2.75) is 82.1 Å². The van der Waals surface area contributed by atoms with Crippen LogP contribution >= 0.6 is 0 Å². The van der Waals surface area contributed by atoms with Gasteiger partial charge in [0.05, 0.1) is 30.0 Å². The first-order valence-electron chi connectivity index (χ1n) is 13.2. The molecule has 0 radical (unpaired) electrons. The van der Waals surface area contributed by atoms with Gasteiger partial charge in [-0.25, -0.2) is 15.4 Å². The first-order chi connectivity index (χ1) is 17.5. The molecular formula is C27H35N7O2. The second-order valence-corrected chi connectivity index (χ2v) is 11.0. The molecule has 9 heteroatoms. The Labute approximate surface area is 211 Å². The maximum absolute atomic E-state index is 13.4. The summed E-state index contributed by atoms with van der Waals surface area (Å²) in [4.78, 5) is 26.4. The maximum atomic E-state index is 13.4. The van der Waals surface area contributed by atoms with Crippen molar-refractivity contribution in [1.29, 1.82) is 0 Å². The Balaban J connectivity index is 1.09. The highest BCUT2D eigenvalue weighted by Gasteiger charge is 2.43. The molecule has 0 bridgehead atoms. The van der Waals surface area contributed by atoms with E-state index in [1.165, 1.54) is 5.56 Å². The highest BCUT2D eigenvalue weighted by Crippen LogP contribution is 2.41. The summed E-state index contributed by atoms with van der Waals surface area (Å²) in [6, 6.07) is 8.62. The van der Waals surface area contributed by atoms with E-state index in [1.807, 2.05) is 29.8 Å². The molecular weight excluding hydrogens is 454 g/mol. The standard InChI is InChI=1S/C27H35N7O2/c1-17-12-18(8-11-28-17)24-21-13-19(6-7-22(21)32-33-24)26(35)31-20-4-2-9-27(36,14-20)15-34-16-30-25-23(34)5-3-10-29-25/h3,5,8,10-12,16,19-22,24,32-33,36H,2,4,6-7,9,13-15H2,1H3,(H,31,35)/t19?,20-,21?,22?,24?,27-/m1/s1. The van der Waals surface area contributed by atoms with Crippen LogP contribution in [-0.4, -0.2) is 48.2 Å². The molecule has 3 fully saturated rings. The van der Waals surface area contributed by atoms with Crippen LogP contribution in [0.1, 0.15) is 62.2 Å². The molecule has 4 heterocycles. The second-order valence-electron chi connectivity index (χ2n) is 11.0. The van der Waals surface area contributed by atoms with Crippen molar-refractivity contribution in [3.63, 3.8) is 0 Å². The molecule has 6 rings (SSSR count). The van der Waals surface area contributed by atoms with Crippen LogP contribution in [0.2, 0.25) is 0 Å². The average Bonchev–Trinajstić information content (AvgIpc) is 3.48. The molecule has 1 amide bonds. The number of aromatic nitrogens is 4. The number of aryl methyl sites for hydroxylation is 1. The third kappa shape index (κ3) is 4.63. The third-order valence-corrected chi connectivity index (χ3v) is 8.43. The molecule has 4 unspecified atom stereocenters. The van der Waals surface area contributed by atoms with E-state index in [4.69, 9.17) is 0 Å². The molecule has 3 aliphatic rings. The van der Waals surface area contributed by atoms with Crippen molar-refractivity contribution >= 4 is 17.1 Å². The number of rotatable bonds is 5. The summed E-state index contributed by atoms with van der Waals surface area (Å²) in [5, 5.41) is 14.8. The van der Waals surface area contributed by atoms with Crippen LogP contribution in [0.15, 0.2) is 43.0 Å². The summed E-state index contributed by atoms with van der Waals surface area (Å²) >= 11 is 0. The highest BCUT2D eigenvalue weighted by molar-refractivity contribution is 5.79. The minimum Gasteiger partial charge on any atom is -0.388 e. The molecule has 0 aromatic carbocycles. The van der Waals surface area contributed by atoms with E-state index < -0.39 is 5.60 Å². The summed E-state index contributed by atoms with van der Waals surface area (Å²) in [6.45, 7) is 2.47. The van der Waals surface area contributed by atoms with Gasteiger partial charge in [0.15, 0.2) is 5.65 Å². The Bertz CT molecular complexity index is 1250. The average molecular weight is 490 g/mol. The van der Waals surface area contributed by atoms with Gasteiger partial charge in [-0.2, -0.15) is 0 Å². The van der Waals surface area contributed by atoms with Crippen molar-refractivity contribution < 1.29 is 9.90 Å². The van der Waals surface area contributed by atoms with Crippen LogP contribution in [-0.2, 0) is 11.3 Å². The number of imidazole rings is 1. The number of carbonyl (C=O) groups excluding carboxylic acids is 1. The van der Waals surface area contributed by atoms with Crippen molar-refractivity contribution in [3.8, 4) is 0 Å². The van der Waals surface area contributed by atoms with Crippen LogP contribution in [0.5, 0.6) is 0 Å². The molecule has 1 saturated heterocycles. The first kappa shape index (κ1) is 23.5. The maximum Gasteiger partial charge on any atom is 0.223 e. The molecule has 3 aromatic rings. The lowest BCUT2D eigenvalue weighted by Gasteiger charge is -2.39. The fourth-order valence-electron chi connectivity index (χ4n) is 6.65.